The van der Waals surface area contributed by atoms with Crippen LogP contribution in [-0.4, -0.2) is 16.8 Å². The first-order valence-corrected chi connectivity index (χ1v) is 4.91. The predicted molar refractivity (Wildman–Crippen MR) is 57.6 cm³/mol. The van der Waals surface area contributed by atoms with Gasteiger partial charge in [-0.3, -0.25) is 10.3 Å². The second-order valence-electron chi connectivity index (χ2n) is 3.62. The Kier molecular flexibility index (Phi) is 2.41. The molecule has 0 aliphatic carbocycles. The number of nitrogens with zero attached hydrogens (tertiary/aromatic N) is 1. The molecule has 0 saturated carbocycles. The van der Waals surface area contributed by atoms with Crippen LogP contribution in [0, 0.1) is 5.41 Å². The van der Waals surface area contributed by atoms with Gasteiger partial charge < -0.3 is 5.73 Å². The fraction of sp³-hybridized carbons (Fsp3) is 0.273. The Hall–Kier alpha value is -1.84. The number of amidine groups is 1. The topological polar surface area (TPSA) is 70.2 Å². The third kappa shape index (κ3) is 1.70. The highest BCUT2D eigenvalue weighted by atomic mass is 16.2. The van der Waals surface area contributed by atoms with Crippen LogP contribution in [0.4, 0.5) is 4.79 Å². The van der Waals surface area contributed by atoms with E-state index in [-0.39, 0.29) is 6.04 Å². The summed E-state index contributed by atoms with van der Waals surface area (Å²) in [5.41, 5.74) is 6.30. The number of nitrogens with two attached hydrogens (primary N) is 1. The molecule has 1 aliphatic rings. The van der Waals surface area contributed by atoms with Crippen molar-refractivity contribution in [1.29, 1.82) is 5.41 Å². The van der Waals surface area contributed by atoms with Gasteiger partial charge in [0.25, 0.3) is 0 Å². The molecule has 2 amide bonds. The second kappa shape index (κ2) is 3.73. The molecule has 1 atom stereocenters. The first-order chi connectivity index (χ1) is 7.20. The highest BCUT2D eigenvalue weighted by Gasteiger charge is 2.32. The van der Waals surface area contributed by atoms with Gasteiger partial charge in [0.2, 0.25) is 0 Å². The van der Waals surface area contributed by atoms with Crippen molar-refractivity contribution in [1.82, 2.24) is 4.90 Å². The number of likely N-dealkylation sites (tertiary alicyclic amines) is 1. The zero-order chi connectivity index (χ0) is 10.8. The van der Waals surface area contributed by atoms with Gasteiger partial charge in [-0.2, -0.15) is 0 Å². The number of urea groups is 1. The standard InChI is InChI=1S/C11H13N3O/c12-10-7-6-9(14(10)11(13)15)8-4-2-1-3-5-8/h1-5,9,12H,6-7H2,(H2,13,15). The summed E-state index contributed by atoms with van der Waals surface area (Å²) < 4.78 is 0. The summed E-state index contributed by atoms with van der Waals surface area (Å²) in [6, 6.07) is 9.10. The van der Waals surface area contributed by atoms with Gasteiger partial charge in [0.1, 0.15) is 5.84 Å². The van der Waals surface area contributed by atoms with Crippen molar-refractivity contribution < 1.29 is 4.79 Å². The third-order valence-corrected chi connectivity index (χ3v) is 2.68. The van der Waals surface area contributed by atoms with E-state index in [4.69, 9.17) is 11.1 Å². The molecule has 15 heavy (non-hydrogen) atoms. The molecule has 1 heterocycles. The molecule has 1 saturated heterocycles. The molecule has 0 aromatic heterocycles. The normalized spacial score (nSPS) is 20.7. The molecule has 3 N–H and O–H groups in total. The Morgan fingerprint density at radius 1 is 1.40 bits per heavy atom. The zero-order valence-electron chi connectivity index (χ0n) is 8.31. The van der Waals surface area contributed by atoms with E-state index in [0.717, 1.165) is 12.0 Å². The average Bonchev–Trinajstić information content (AvgIpc) is 2.61. The lowest BCUT2D eigenvalue weighted by molar-refractivity contribution is 0.221. The Morgan fingerprint density at radius 2 is 2.07 bits per heavy atom. The number of hydrogen-bond acceptors (Lipinski definition) is 2. The lowest BCUT2D eigenvalue weighted by Gasteiger charge is -2.22. The highest BCUT2D eigenvalue weighted by molar-refractivity contribution is 5.97. The maximum Gasteiger partial charge on any atom is 0.320 e. The van der Waals surface area contributed by atoms with Gasteiger partial charge >= 0.3 is 6.03 Å². The first kappa shape index (κ1) is 9.71. The van der Waals surface area contributed by atoms with E-state index in [2.05, 4.69) is 0 Å². The number of rotatable bonds is 1. The molecular formula is C11H13N3O. The summed E-state index contributed by atoms with van der Waals surface area (Å²) in [6.45, 7) is 0. The molecule has 1 aliphatic heterocycles. The number of hydrogen-bond donors (Lipinski definition) is 2. The van der Waals surface area contributed by atoms with Crippen LogP contribution < -0.4 is 5.73 Å². The van der Waals surface area contributed by atoms with Crippen molar-refractivity contribution in [2.24, 2.45) is 5.73 Å². The number of carbonyl (C=O) groups is 1. The van der Waals surface area contributed by atoms with Crippen molar-refractivity contribution in [3.63, 3.8) is 0 Å². The van der Waals surface area contributed by atoms with E-state index in [0.29, 0.717) is 12.3 Å². The van der Waals surface area contributed by atoms with Crippen molar-refractivity contribution >= 4 is 11.9 Å². The minimum Gasteiger partial charge on any atom is -0.351 e. The molecule has 1 unspecified atom stereocenters. The van der Waals surface area contributed by atoms with Gasteiger partial charge in [-0.1, -0.05) is 30.3 Å². The van der Waals surface area contributed by atoms with E-state index < -0.39 is 6.03 Å². The van der Waals surface area contributed by atoms with Gasteiger partial charge in [0.05, 0.1) is 6.04 Å². The quantitative estimate of drug-likeness (QED) is 0.718. The average molecular weight is 203 g/mol. The van der Waals surface area contributed by atoms with Crippen LogP contribution in [0.15, 0.2) is 30.3 Å². The Morgan fingerprint density at radius 3 is 2.67 bits per heavy atom. The maximum absolute atomic E-state index is 11.2. The summed E-state index contributed by atoms with van der Waals surface area (Å²) in [7, 11) is 0. The van der Waals surface area contributed by atoms with Crippen LogP contribution in [0.5, 0.6) is 0 Å². The molecule has 1 fully saturated rings. The molecule has 78 valence electrons. The van der Waals surface area contributed by atoms with Gasteiger partial charge in [-0.25, -0.2) is 4.79 Å². The Labute approximate surface area is 88.2 Å². The Bertz CT molecular complexity index is 388. The lowest BCUT2D eigenvalue weighted by Crippen LogP contribution is -2.37. The summed E-state index contributed by atoms with van der Waals surface area (Å²) >= 11 is 0. The Balaban J connectivity index is 2.30. The molecule has 1 aromatic rings. The van der Waals surface area contributed by atoms with Crippen molar-refractivity contribution in [2.75, 3.05) is 0 Å². The number of nitrogens with one attached hydrogen (secondary N) is 1. The van der Waals surface area contributed by atoms with Crippen LogP contribution in [0.1, 0.15) is 24.4 Å². The molecule has 0 radical (unpaired) electrons. The summed E-state index contributed by atoms with van der Waals surface area (Å²) in [5, 5.41) is 7.64. The first-order valence-electron chi connectivity index (χ1n) is 4.91. The number of carbonyl (C=O) groups excluding carboxylic acids is 1. The van der Waals surface area contributed by atoms with Gasteiger partial charge in [-0.15, -0.1) is 0 Å². The van der Waals surface area contributed by atoms with Gasteiger partial charge in [0.15, 0.2) is 0 Å². The predicted octanol–water partition coefficient (Wildman–Crippen LogP) is 1.88. The van der Waals surface area contributed by atoms with Gasteiger partial charge in [-0.05, 0) is 12.0 Å². The fourth-order valence-corrected chi connectivity index (χ4v) is 1.99. The molecule has 4 nitrogen and oxygen atoms in total. The molecule has 1 aromatic carbocycles. The third-order valence-electron chi connectivity index (χ3n) is 2.68. The number of primary amides is 1. The van der Waals surface area contributed by atoms with Crippen molar-refractivity contribution in [3.05, 3.63) is 35.9 Å². The minimum atomic E-state index is -0.536. The maximum atomic E-state index is 11.2. The summed E-state index contributed by atoms with van der Waals surface area (Å²) in [6.07, 6.45) is 1.40. The van der Waals surface area contributed by atoms with E-state index in [1.54, 1.807) is 0 Å². The molecule has 0 spiro atoms. The van der Waals surface area contributed by atoms with Crippen LogP contribution in [-0.2, 0) is 0 Å². The fourth-order valence-electron chi connectivity index (χ4n) is 1.99. The number of benzene rings is 1. The SMILES string of the molecule is N=C1CCC(c2ccccc2)N1C(N)=O. The van der Waals surface area contributed by atoms with Crippen LogP contribution >= 0.6 is 0 Å². The molecule has 4 heteroatoms. The van der Waals surface area contributed by atoms with E-state index in [1.165, 1.54) is 4.90 Å². The smallest absolute Gasteiger partial charge is 0.320 e. The molecular weight excluding hydrogens is 190 g/mol. The second-order valence-corrected chi connectivity index (χ2v) is 3.62. The van der Waals surface area contributed by atoms with Gasteiger partial charge in [0, 0.05) is 6.42 Å². The van der Waals surface area contributed by atoms with E-state index in [1.807, 2.05) is 30.3 Å². The van der Waals surface area contributed by atoms with Crippen molar-refractivity contribution in [3.8, 4) is 0 Å². The van der Waals surface area contributed by atoms with Crippen LogP contribution in [0.2, 0.25) is 0 Å². The van der Waals surface area contributed by atoms with E-state index in [9.17, 15) is 4.79 Å². The van der Waals surface area contributed by atoms with E-state index >= 15 is 0 Å². The summed E-state index contributed by atoms with van der Waals surface area (Å²) in [5.74, 6) is 0.316. The number of amides is 2. The molecule has 2 rings (SSSR count). The highest BCUT2D eigenvalue weighted by Crippen LogP contribution is 2.32. The van der Waals surface area contributed by atoms with Crippen molar-refractivity contribution in [2.45, 2.75) is 18.9 Å². The van der Waals surface area contributed by atoms with Crippen LogP contribution in [0.25, 0.3) is 0 Å². The largest absolute Gasteiger partial charge is 0.351 e. The monoisotopic (exact) mass is 203 g/mol. The van der Waals surface area contributed by atoms with Crippen LogP contribution in [0.3, 0.4) is 0 Å². The summed E-state index contributed by atoms with van der Waals surface area (Å²) in [4.78, 5) is 12.6. The minimum absolute atomic E-state index is 0.0591. The zero-order valence-corrected chi connectivity index (χ0v) is 8.31. The lowest BCUT2D eigenvalue weighted by atomic mass is 10.1. The molecule has 0 bridgehead atoms.